The molecular formula is C17H28ClN3O2. The zero-order valence-electron chi connectivity index (χ0n) is 14.2. The SMILES string of the molecule is CNC1CCCN(CC(=O)N(C)Cc2ccc(OC)cc2)C1.Cl. The number of carbonyl (C=O) groups excluding carboxylic acids is 1. The van der Waals surface area contributed by atoms with Crippen LogP contribution in [0.4, 0.5) is 0 Å². The van der Waals surface area contributed by atoms with E-state index in [0.29, 0.717) is 19.1 Å². The van der Waals surface area contributed by atoms with Gasteiger partial charge in [0, 0.05) is 26.2 Å². The fourth-order valence-corrected chi connectivity index (χ4v) is 2.84. The molecule has 1 heterocycles. The molecule has 23 heavy (non-hydrogen) atoms. The molecule has 1 amide bonds. The van der Waals surface area contributed by atoms with E-state index in [-0.39, 0.29) is 18.3 Å². The number of likely N-dealkylation sites (N-methyl/N-ethyl adjacent to an activating group) is 2. The normalized spacial score (nSPS) is 18.1. The molecule has 0 spiro atoms. The Kier molecular flexibility index (Phi) is 8.37. The molecule has 0 bridgehead atoms. The maximum atomic E-state index is 12.4. The first-order chi connectivity index (χ1) is 10.6. The number of amides is 1. The van der Waals surface area contributed by atoms with Gasteiger partial charge in [0.15, 0.2) is 0 Å². The molecule has 1 aliphatic heterocycles. The molecule has 0 aromatic heterocycles. The van der Waals surface area contributed by atoms with Crippen LogP contribution in [0.2, 0.25) is 0 Å². The quantitative estimate of drug-likeness (QED) is 0.856. The molecule has 1 aromatic rings. The van der Waals surface area contributed by atoms with Crippen molar-refractivity contribution in [2.24, 2.45) is 0 Å². The van der Waals surface area contributed by atoms with Crippen molar-refractivity contribution in [1.29, 1.82) is 0 Å². The van der Waals surface area contributed by atoms with Crippen LogP contribution < -0.4 is 10.1 Å². The Bertz CT molecular complexity index is 481. The van der Waals surface area contributed by atoms with Gasteiger partial charge in [0.05, 0.1) is 13.7 Å². The third-order valence-corrected chi connectivity index (χ3v) is 4.28. The summed E-state index contributed by atoms with van der Waals surface area (Å²) < 4.78 is 5.15. The average Bonchev–Trinajstić information content (AvgIpc) is 2.55. The number of likely N-dealkylation sites (tertiary alicyclic amines) is 1. The van der Waals surface area contributed by atoms with Crippen LogP contribution in [0.1, 0.15) is 18.4 Å². The molecule has 0 saturated carbocycles. The third-order valence-electron chi connectivity index (χ3n) is 4.28. The van der Waals surface area contributed by atoms with Crippen LogP contribution in [-0.4, -0.2) is 62.6 Å². The highest BCUT2D eigenvalue weighted by molar-refractivity contribution is 5.85. The fourth-order valence-electron chi connectivity index (χ4n) is 2.84. The zero-order chi connectivity index (χ0) is 15.9. The summed E-state index contributed by atoms with van der Waals surface area (Å²) in [5.41, 5.74) is 1.11. The number of ether oxygens (including phenoxy) is 1. The van der Waals surface area contributed by atoms with Gasteiger partial charge < -0.3 is 15.0 Å². The van der Waals surface area contributed by atoms with Crippen LogP contribution in [-0.2, 0) is 11.3 Å². The second kappa shape index (κ2) is 9.75. The molecule has 1 N–H and O–H groups in total. The second-order valence-electron chi connectivity index (χ2n) is 5.96. The summed E-state index contributed by atoms with van der Waals surface area (Å²) in [5, 5.41) is 3.31. The average molecular weight is 342 g/mol. The van der Waals surface area contributed by atoms with E-state index >= 15 is 0 Å². The highest BCUT2D eigenvalue weighted by Crippen LogP contribution is 2.13. The lowest BCUT2D eigenvalue weighted by Gasteiger charge is -2.33. The lowest BCUT2D eigenvalue weighted by molar-refractivity contribution is -0.132. The first kappa shape index (κ1) is 19.7. The van der Waals surface area contributed by atoms with E-state index in [9.17, 15) is 4.79 Å². The van der Waals surface area contributed by atoms with Gasteiger partial charge >= 0.3 is 0 Å². The van der Waals surface area contributed by atoms with Gasteiger partial charge in [0.2, 0.25) is 5.91 Å². The number of carbonyl (C=O) groups is 1. The predicted molar refractivity (Wildman–Crippen MR) is 95.2 cm³/mol. The smallest absolute Gasteiger partial charge is 0.236 e. The van der Waals surface area contributed by atoms with Gasteiger partial charge in [0.25, 0.3) is 0 Å². The Morgan fingerprint density at radius 1 is 1.39 bits per heavy atom. The van der Waals surface area contributed by atoms with Gasteiger partial charge in [-0.1, -0.05) is 12.1 Å². The van der Waals surface area contributed by atoms with E-state index < -0.39 is 0 Å². The van der Waals surface area contributed by atoms with E-state index in [1.54, 1.807) is 12.0 Å². The van der Waals surface area contributed by atoms with Crippen LogP contribution in [0.3, 0.4) is 0 Å². The van der Waals surface area contributed by atoms with Crippen molar-refractivity contribution in [2.75, 3.05) is 40.8 Å². The summed E-state index contributed by atoms with van der Waals surface area (Å²) in [6.45, 7) is 3.11. The highest BCUT2D eigenvalue weighted by atomic mass is 35.5. The molecule has 1 atom stereocenters. The van der Waals surface area contributed by atoms with Crippen molar-refractivity contribution in [2.45, 2.75) is 25.4 Å². The molecule has 1 aromatic carbocycles. The van der Waals surface area contributed by atoms with Crippen molar-refractivity contribution < 1.29 is 9.53 Å². The molecule has 1 saturated heterocycles. The summed E-state index contributed by atoms with van der Waals surface area (Å²) in [4.78, 5) is 16.4. The first-order valence-electron chi connectivity index (χ1n) is 7.89. The maximum absolute atomic E-state index is 12.4. The molecule has 0 aliphatic carbocycles. The van der Waals surface area contributed by atoms with Gasteiger partial charge in [-0.25, -0.2) is 0 Å². The first-order valence-corrected chi connectivity index (χ1v) is 7.89. The fraction of sp³-hybridized carbons (Fsp3) is 0.588. The number of halogens is 1. The minimum Gasteiger partial charge on any atom is -0.497 e. The summed E-state index contributed by atoms with van der Waals surface area (Å²) in [7, 11) is 5.51. The van der Waals surface area contributed by atoms with E-state index in [1.807, 2.05) is 38.4 Å². The lowest BCUT2D eigenvalue weighted by atomic mass is 10.1. The summed E-state index contributed by atoms with van der Waals surface area (Å²) in [6.07, 6.45) is 2.35. The van der Waals surface area contributed by atoms with Crippen molar-refractivity contribution in [1.82, 2.24) is 15.1 Å². The number of hydrogen-bond donors (Lipinski definition) is 1. The number of hydrogen-bond acceptors (Lipinski definition) is 4. The highest BCUT2D eigenvalue weighted by Gasteiger charge is 2.21. The molecule has 5 nitrogen and oxygen atoms in total. The minimum atomic E-state index is 0. The predicted octanol–water partition coefficient (Wildman–Crippen LogP) is 1.76. The maximum Gasteiger partial charge on any atom is 0.236 e. The van der Waals surface area contributed by atoms with E-state index in [2.05, 4.69) is 10.2 Å². The molecule has 1 unspecified atom stereocenters. The van der Waals surface area contributed by atoms with Crippen LogP contribution >= 0.6 is 12.4 Å². The molecule has 1 aliphatic rings. The summed E-state index contributed by atoms with van der Waals surface area (Å²) >= 11 is 0. The third kappa shape index (κ3) is 6.01. The Balaban J connectivity index is 0.00000264. The zero-order valence-corrected chi connectivity index (χ0v) is 15.1. The molecule has 1 fully saturated rings. The summed E-state index contributed by atoms with van der Waals surface area (Å²) in [6, 6.07) is 8.36. The van der Waals surface area contributed by atoms with Crippen LogP contribution in [0.5, 0.6) is 5.75 Å². The van der Waals surface area contributed by atoms with Crippen molar-refractivity contribution in [3.05, 3.63) is 29.8 Å². The van der Waals surface area contributed by atoms with E-state index in [4.69, 9.17) is 4.74 Å². The molecule has 6 heteroatoms. The second-order valence-corrected chi connectivity index (χ2v) is 5.96. The van der Waals surface area contributed by atoms with E-state index in [0.717, 1.165) is 30.8 Å². The lowest BCUT2D eigenvalue weighted by Crippen LogP contribution is -2.48. The van der Waals surface area contributed by atoms with Crippen molar-refractivity contribution in [3.63, 3.8) is 0 Å². The number of methoxy groups -OCH3 is 1. The Hall–Kier alpha value is -1.30. The van der Waals surface area contributed by atoms with Gasteiger partial charge in [-0.05, 0) is 44.1 Å². The van der Waals surface area contributed by atoms with Crippen LogP contribution in [0.15, 0.2) is 24.3 Å². The number of benzene rings is 1. The Morgan fingerprint density at radius 2 is 2.09 bits per heavy atom. The number of piperidine rings is 1. The van der Waals surface area contributed by atoms with Crippen LogP contribution in [0.25, 0.3) is 0 Å². The minimum absolute atomic E-state index is 0. The molecule has 2 rings (SSSR count). The Morgan fingerprint density at radius 3 is 2.70 bits per heavy atom. The molecular weight excluding hydrogens is 314 g/mol. The summed E-state index contributed by atoms with van der Waals surface area (Å²) in [5.74, 6) is 1.01. The topological polar surface area (TPSA) is 44.8 Å². The van der Waals surface area contributed by atoms with Gasteiger partial charge in [-0.3, -0.25) is 9.69 Å². The van der Waals surface area contributed by atoms with Gasteiger partial charge in [-0.2, -0.15) is 0 Å². The van der Waals surface area contributed by atoms with Crippen molar-refractivity contribution in [3.8, 4) is 5.75 Å². The van der Waals surface area contributed by atoms with Crippen molar-refractivity contribution >= 4 is 18.3 Å². The van der Waals surface area contributed by atoms with Crippen LogP contribution in [0, 0.1) is 0 Å². The largest absolute Gasteiger partial charge is 0.497 e. The number of rotatable bonds is 6. The Labute approximate surface area is 145 Å². The molecule has 130 valence electrons. The van der Waals surface area contributed by atoms with Gasteiger partial charge in [-0.15, -0.1) is 12.4 Å². The molecule has 0 radical (unpaired) electrons. The van der Waals surface area contributed by atoms with Gasteiger partial charge in [0.1, 0.15) is 5.75 Å². The monoisotopic (exact) mass is 341 g/mol. The number of nitrogens with zero attached hydrogens (tertiary/aromatic N) is 2. The number of nitrogens with one attached hydrogen (secondary N) is 1. The standard InChI is InChI=1S/C17H27N3O2.ClH/c1-18-15-5-4-10-20(12-15)13-17(21)19(2)11-14-6-8-16(22-3)9-7-14;/h6-9,15,18H,4-5,10-13H2,1-3H3;1H. The van der Waals surface area contributed by atoms with E-state index in [1.165, 1.54) is 6.42 Å².